The lowest BCUT2D eigenvalue weighted by molar-refractivity contribution is -0.123. The number of imide groups is 1. The molecule has 0 spiro atoms. The van der Waals surface area contributed by atoms with Crippen molar-refractivity contribution in [1.29, 1.82) is 0 Å². The minimum absolute atomic E-state index is 0.0558. The number of rotatable bonds is 2. The highest BCUT2D eigenvalue weighted by Crippen LogP contribution is 2.28. The van der Waals surface area contributed by atoms with E-state index < -0.39 is 0 Å². The van der Waals surface area contributed by atoms with Crippen LogP contribution in [0.25, 0.3) is 0 Å². The van der Waals surface area contributed by atoms with E-state index in [0.29, 0.717) is 18.0 Å². The number of likely N-dealkylation sites (tertiary alicyclic amines) is 1. The molecule has 1 aromatic carbocycles. The van der Waals surface area contributed by atoms with Crippen LogP contribution >= 0.6 is 0 Å². The number of hydrogen-bond donors (Lipinski definition) is 0. The second kappa shape index (κ2) is 5.60. The molecule has 1 aromatic rings. The van der Waals surface area contributed by atoms with E-state index in [-0.39, 0.29) is 17.9 Å². The quantitative estimate of drug-likeness (QED) is 0.784. The van der Waals surface area contributed by atoms with Gasteiger partial charge < -0.3 is 0 Å². The molecule has 2 saturated heterocycles. The highest BCUT2D eigenvalue weighted by Gasteiger charge is 2.43. The number of carbonyl (C=O) groups excluding carboxylic acids is 2. The molecule has 4 nitrogen and oxygen atoms in total. The lowest BCUT2D eigenvalue weighted by Gasteiger charge is -2.34. The molecule has 2 heterocycles. The number of anilines is 1. The second-order valence-electron chi connectivity index (χ2n) is 6.37. The Morgan fingerprint density at radius 1 is 1.24 bits per heavy atom. The van der Waals surface area contributed by atoms with Gasteiger partial charge >= 0.3 is 0 Å². The Morgan fingerprint density at radius 3 is 2.76 bits per heavy atom. The molecule has 112 valence electrons. The third kappa shape index (κ3) is 2.72. The van der Waals surface area contributed by atoms with Crippen molar-refractivity contribution in [3.63, 3.8) is 0 Å². The van der Waals surface area contributed by atoms with Crippen molar-refractivity contribution in [2.24, 2.45) is 5.92 Å². The van der Waals surface area contributed by atoms with Crippen molar-refractivity contribution in [3.05, 3.63) is 29.8 Å². The van der Waals surface area contributed by atoms with Gasteiger partial charge in [-0.1, -0.05) is 19.1 Å². The van der Waals surface area contributed by atoms with Crippen molar-refractivity contribution >= 4 is 17.5 Å². The van der Waals surface area contributed by atoms with Crippen LogP contribution in [0.5, 0.6) is 0 Å². The van der Waals surface area contributed by atoms with Crippen LogP contribution in [0.3, 0.4) is 0 Å². The second-order valence-corrected chi connectivity index (χ2v) is 6.37. The van der Waals surface area contributed by atoms with Gasteiger partial charge in [0.25, 0.3) is 5.91 Å². The fourth-order valence-corrected chi connectivity index (χ4v) is 3.45. The normalized spacial score (nSPS) is 27.4. The summed E-state index contributed by atoms with van der Waals surface area (Å²) in [6.07, 6.45) is 2.65. The van der Waals surface area contributed by atoms with Crippen molar-refractivity contribution < 1.29 is 9.59 Å². The number of benzene rings is 1. The zero-order chi connectivity index (χ0) is 15.0. The van der Waals surface area contributed by atoms with Gasteiger partial charge in [-0.15, -0.1) is 0 Å². The van der Waals surface area contributed by atoms with Crippen LogP contribution in [0.1, 0.15) is 31.7 Å². The van der Waals surface area contributed by atoms with Gasteiger partial charge in [0.2, 0.25) is 5.91 Å². The average Bonchev–Trinajstić information content (AvgIpc) is 2.74. The summed E-state index contributed by atoms with van der Waals surface area (Å²) in [5.74, 6) is 0.475. The van der Waals surface area contributed by atoms with Gasteiger partial charge in [-0.05, 0) is 49.9 Å². The zero-order valence-corrected chi connectivity index (χ0v) is 12.7. The summed E-state index contributed by atoms with van der Waals surface area (Å²) in [5.41, 5.74) is 1.76. The summed E-state index contributed by atoms with van der Waals surface area (Å²) in [6.45, 7) is 6.03. The Kier molecular flexibility index (Phi) is 3.81. The smallest absolute Gasteiger partial charge is 0.251 e. The summed E-state index contributed by atoms with van der Waals surface area (Å²) in [4.78, 5) is 28.6. The Labute approximate surface area is 125 Å². The zero-order valence-electron chi connectivity index (χ0n) is 12.7. The maximum absolute atomic E-state index is 12.7. The average molecular weight is 286 g/mol. The molecular formula is C17H22N2O2. The number of amides is 2. The van der Waals surface area contributed by atoms with Crippen LogP contribution < -0.4 is 4.90 Å². The van der Waals surface area contributed by atoms with E-state index in [0.717, 1.165) is 25.1 Å². The fourth-order valence-electron chi connectivity index (χ4n) is 3.45. The first-order chi connectivity index (χ1) is 10.1. The Bertz CT molecular complexity index is 570. The highest BCUT2D eigenvalue weighted by molar-refractivity contribution is 6.22. The first-order valence-corrected chi connectivity index (χ1v) is 7.74. The number of carbonyl (C=O) groups is 2. The van der Waals surface area contributed by atoms with Gasteiger partial charge in [0.1, 0.15) is 0 Å². The lowest BCUT2D eigenvalue weighted by atomic mass is 9.98. The lowest BCUT2D eigenvalue weighted by Crippen LogP contribution is -2.46. The van der Waals surface area contributed by atoms with E-state index in [1.807, 2.05) is 31.2 Å². The van der Waals surface area contributed by atoms with Gasteiger partial charge in [0.05, 0.1) is 18.2 Å². The Balaban J connectivity index is 1.82. The van der Waals surface area contributed by atoms with E-state index >= 15 is 0 Å². The molecule has 0 radical (unpaired) electrons. The Morgan fingerprint density at radius 2 is 2.05 bits per heavy atom. The molecule has 2 amide bonds. The molecule has 0 saturated carbocycles. The predicted octanol–water partition coefficient (Wildman–Crippen LogP) is 2.36. The van der Waals surface area contributed by atoms with E-state index in [9.17, 15) is 9.59 Å². The fraction of sp³-hybridized carbons (Fsp3) is 0.529. The molecule has 0 aromatic heterocycles. The SMILES string of the molecule is Cc1cccc(N2C(=O)C[C@H](N3CCC[C@@H](C)C3)C2=O)c1. The van der Waals surface area contributed by atoms with Crippen LogP contribution in [0.4, 0.5) is 5.69 Å². The number of piperidine rings is 1. The number of nitrogens with zero attached hydrogens (tertiary/aromatic N) is 2. The van der Waals surface area contributed by atoms with Gasteiger partial charge in [-0.2, -0.15) is 0 Å². The molecule has 2 atom stereocenters. The van der Waals surface area contributed by atoms with Gasteiger partial charge in [0.15, 0.2) is 0 Å². The molecule has 21 heavy (non-hydrogen) atoms. The molecule has 0 unspecified atom stereocenters. The molecule has 4 heteroatoms. The summed E-state index contributed by atoms with van der Waals surface area (Å²) in [7, 11) is 0. The van der Waals surface area contributed by atoms with Crippen molar-refractivity contribution in [2.75, 3.05) is 18.0 Å². The van der Waals surface area contributed by atoms with Crippen LogP contribution in [0.15, 0.2) is 24.3 Å². The molecular weight excluding hydrogens is 264 g/mol. The van der Waals surface area contributed by atoms with Crippen LogP contribution in [0.2, 0.25) is 0 Å². The van der Waals surface area contributed by atoms with Gasteiger partial charge in [-0.3, -0.25) is 14.5 Å². The van der Waals surface area contributed by atoms with Crippen molar-refractivity contribution in [3.8, 4) is 0 Å². The predicted molar refractivity (Wildman–Crippen MR) is 82.0 cm³/mol. The molecule has 3 rings (SSSR count). The van der Waals surface area contributed by atoms with Gasteiger partial charge in [-0.25, -0.2) is 4.90 Å². The monoisotopic (exact) mass is 286 g/mol. The first kappa shape index (κ1) is 14.3. The van der Waals surface area contributed by atoms with E-state index in [4.69, 9.17) is 0 Å². The standard InChI is InChI=1S/C17H22N2O2/c1-12-5-3-7-14(9-12)19-16(20)10-15(17(19)21)18-8-4-6-13(2)11-18/h3,5,7,9,13,15H,4,6,8,10-11H2,1-2H3/t13-,15+/m1/s1. The summed E-state index contributed by atoms with van der Waals surface area (Å²) >= 11 is 0. The van der Waals surface area contributed by atoms with Crippen LogP contribution in [0, 0.1) is 12.8 Å². The minimum atomic E-state index is -0.263. The third-order valence-corrected chi connectivity index (χ3v) is 4.51. The summed E-state index contributed by atoms with van der Waals surface area (Å²) in [5, 5.41) is 0. The van der Waals surface area contributed by atoms with Crippen molar-refractivity contribution in [2.45, 2.75) is 39.2 Å². The highest BCUT2D eigenvalue weighted by atomic mass is 16.2. The maximum atomic E-state index is 12.7. The molecule has 2 aliphatic rings. The molecule has 0 bridgehead atoms. The van der Waals surface area contributed by atoms with E-state index in [1.165, 1.54) is 11.3 Å². The molecule has 2 fully saturated rings. The summed E-state index contributed by atoms with van der Waals surface area (Å²) in [6, 6.07) is 7.33. The molecule has 2 aliphatic heterocycles. The van der Waals surface area contributed by atoms with Crippen molar-refractivity contribution in [1.82, 2.24) is 4.90 Å². The third-order valence-electron chi connectivity index (χ3n) is 4.51. The van der Waals surface area contributed by atoms with E-state index in [2.05, 4.69) is 11.8 Å². The number of hydrogen-bond acceptors (Lipinski definition) is 3. The molecule has 0 N–H and O–H groups in total. The van der Waals surface area contributed by atoms with Gasteiger partial charge in [0, 0.05) is 6.54 Å². The number of aryl methyl sites for hydroxylation is 1. The summed E-state index contributed by atoms with van der Waals surface area (Å²) < 4.78 is 0. The molecule has 0 aliphatic carbocycles. The van der Waals surface area contributed by atoms with E-state index in [1.54, 1.807) is 0 Å². The maximum Gasteiger partial charge on any atom is 0.251 e. The largest absolute Gasteiger partial charge is 0.291 e. The topological polar surface area (TPSA) is 40.6 Å². The van der Waals surface area contributed by atoms with Crippen LogP contribution in [-0.4, -0.2) is 35.8 Å². The van der Waals surface area contributed by atoms with Crippen LogP contribution in [-0.2, 0) is 9.59 Å². The minimum Gasteiger partial charge on any atom is -0.291 e. The Hall–Kier alpha value is -1.68. The first-order valence-electron chi connectivity index (χ1n) is 7.74.